The van der Waals surface area contributed by atoms with Crippen molar-refractivity contribution < 1.29 is 5.11 Å². The van der Waals surface area contributed by atoms with E-state index in [0.717, 1.165) is 5.69 Å². The molecule has 0 amide bonds. The van der Waals surface area contributed by atoms with Crippen LogP contribution in [0.15, 0.2) is 6.07 Å². The molecule has 0 atom stereocenters. The molecular weight excluding hydrogens is 154 g/mol. The number of nitrogen functional groups attached to an aromatic ring is 1. The molecule has 12 heavy (non-hydrogen) atoms. The molecule has 2 rings (SSSR count). The number of aromatic nitrogens is 2. The highest BCUT2D eigenvalue weighted by Gasteiger charge is 2.25. The number of aliphatic hydroxyl groups is 1. The van der Waals surface area contributed by atoms with Gasteiger partial charge in [-0.3, -0.25) is 0 Å². The minimum absolute atomic E-state index is 0.0631. The highest BCUT2D eigenvalue weighted by molar-refractivity contribution is 5.26. The van der Waals surface area contributed by atoms with Crippen LogP contribution in [0.1, 0.15) is 30.1 Å². The highest BCUT2D eigenvalue weighted by atomic mass is 16.3. The maximum Gasteiger partial charge on any atom is 0.220 e. The maximum absolute atomic E-state index is 8.84. The molecule has 4 heteroatoms. The van der Waals surface area contributed by atoms with E-state index in [9.17, 15) is 0 Å². The van der Waals surface area contributed by atoms with Gasteiger partial charge >= 0.3 is 0 Å². The lowest BCUT2D eigenvalue weighted by molar-refractivity contribution is 0.276. The van der Waals surface area contributed by atoms with Gasteiger partial charge in [-0.25, -0.2) is 9.97 Å². The maximum atomic E-state index is 8.84. The molecular formula is C8H11N3O. The molecule has 0 aliphatic heterocycles. The number of hydrogen-bond acceptors (Lipinski definition) is 4. The van der Waals surface area contributed by atoms with E-state index in [1.165, 1.54) is 12.8 Å². The fourth-order valence-corrected chi connectivity index (χ4v) is 1.21. The van der Waals surface area contributed by atoms with Crippen molar-refractivity contribution in [3.63, 3.8) is 0 Å². The van der Waals surface area contributed by atoms with Crippen LogP contribution in [0.5, 0.6) is 0 Å². The lowest BCUT2D eigenvalue weighted by Crippen LogP contribution is -2.02. The molecule has 0 spiro atoms. The van der Waals surface area contributed by atoms with E-state index in [0.29, 0.717) is 11.6 Å². The van der Waals surface area contributed by atoms with Crippen molar-refractivity contribution in [3.8, 4) is 0 Å². The number of nitrogens with zero attached hydrogens (tertiary/aromatic N) is 2. The Labute approximate surface area is 70.5 Å². The summed E-state index contributed by atoms with van der Waals surface area (Å²) in [6, 6.07) is 1.83. The topological polar surface area (TPSA) is 72.0 Å². The van der Waals surface area contributed by atoms with Gasteiger partial charge in [-0.1, -0.05) is 0 Å². The second kappa shape index (κ2) is 2.71. The highest BCUT2D eigenvalue weighted by Crippen LogP contribution is 2.39. The fourth-order valence-electron chi connectivity index (χ4n) is 1.21. The van der Waals surface area contributed by atoms with Crippen LogP contribution in [0.4, 0.5) is 5.95 Å². The Morgan fingerprint density at radius 1 is 1.50 bits per heavy atom. The molecule has 1 aliphatic carbocycles. The van der Waals surface area contributed by atoms with E-state index >= 15 is 0 Å². The summed E-state index contributed by atoms with van der Waals surface area (Å²) in [6.07, 6.45) is 2.36. The first-order valence-corrected chi connectivity index (χ1v) is 4.04. The van der Waals surface area contributed by atoms with Gasteiger partial charge in [0, 0.05) is 11.6 Å². The molecule has 1 heterocycles. The number of rotatable bonds is 2. The summed E-state index contributed by atoms with van der Waals surface area (Å²) in [5.41, 5.74) is 7.06. The van der Waals surface area contributed by atoms with Gasteiger partial charge in [0.2, 0.25) is 5.95 Å². The monoisotopic (exact) mass is 165 g/mol. The van der Waals surface area contributed by atoms with Crippen molar-refractivity contribution in [3.05, 3.63) is 17.5 Å². The number of nitrogens with two attached hydrogens (primary N) is 1. The molecule has 64 valence electrons. The smallest absolute Gasteiger partial charge is 0.220 e. The Morgan fingerprint density at radius 2 is 2.25 bits per heavy atom. The normalized spacial score (nSPS) is 16.4. The molecule has 0 unspecified atom stereocenters. The fraction of sp³-hybridized carbons (Fsp3) is 0.500. The molecule has 1 fully saturated rings. The molecule has 4 nitrogen and oxygen atoms in total. The van der Waals surface area contributed by atoms with Crippen LogP contribution in [0, 0.1) is 0 Å². The zero-order valence-electron chi connectivity index (χ0n) is 6.70. The van der Waals surface area contributed by atoms with Crippen molar-refractivity contribution in [2.45, 2.75) is 25.4 Å². The van der Waals surface area contributed by atoms with Crippen molar-refractivity contribution in [2.24, 2.45) is 0 Å². The van der Waals surface area contributed by atoms with Crippen molar-refractivity contribution in [2.75, 3.05) is 5.73 Å². The summed E-state index contributed by atoms with van der Waals surface area (Å²) in [7, 11) is 0. The lowest BCUT2D eigenvalue weighted by atomic mass is 10.2. The van der Waals surface area contributed by atoms with E-state index in [2.05, 4.69) is 9.97 Å². The van der Waals surface area contributed by atoms with E-state index < -0.39 is 0 Å². The molecule has 3 N–H and O–H groups in total. The van der Waals surface area contributed by atoms with Gasteiger partial charge in [0.05, 0.1) is 12.3 Å². The van der Waals surface area contributed by atoms with Gasteiger partial charge in [0.1, 0.15) is 0 Å². The van der Waals surface area contributed by atoms with Crippen LogP contribution in [0.25, 0.3) is 0 Å². The summed E-state index contributed by atoms with van der Waals surface area (Å²) in [5, 5.41) is 8.84. The summed E-state index contributed by atoms with van der Waals surface area (Å²) in [6.45, 7) is -0.0631. The van der Waals surface area contributed by atoms with Crippen LogP contribution in [-0.4, -0.2) is 15.1 Å². The first-order valence-electron chi connectivity index (χ1n) is 4.04. The minimum Gasteiger partial charge on any atom is -0.390 e. The van der Waals surface area contributed by atoms with Gasteiger partial charge in [0.15, 0.2) is 0 Å². The first-order chi connectivity index (χ1) is 5.79. The second-order valence-electron chi connectivity index (χ2n) is 3.07. The average Bonchev–Trinajstić information content (AvgIpc) is 2.85. The Hall–Kier alpha value is -1.16. The molecule has 1 aliphatic rings. The van der Waals surface area contributed by atoms with Gasteiger partial charge in [-0.15, -0.1) is 0 Å². The molecule has 0 aromatic carbocycles. The molecule has 1 aromatic heterocycles. The van der Waals surface area contributed by atoms with E-state index in [1.807, 2.05) is 6.07 Å². The van der Waals surface area contributed by atoms with Crippen LogP contribution < -0.4 is 5.73 Å². The van der Waals surface area contributed by atoms with Gasteiger partial charge in [-0.05, 0) is 18.9 Å². The SMILES string of the molecule is Nc1nc(CO)cc(C2CC2)n1. The third-order valence-electron chi connectivity index (χ3n) is 1.97. The quantitative estimate of drug-likeness (QED) is 0.666. The molecule has 0 bridgehead atoms. The van der Waals surface area contributed by atoms with Gasteiger partial charge in [0.25, 0.3) is 0 Å². The zero-order chi connectivity index (χ0) is 8.55. The zero-order valence-corrected chi connectivity index (χ0v) is 6.70. The first kappa shape index (κ1) is 7.49. The molecule has 1 aromatic rings. The molecule has 0 radical (unpaired) electrons. The summed E-state index contributed by atoms with van der Waals surface area (Å²) in [5.74, 6) is 0.823. The average molecular weight is 165 g/mol. The van der Waals surface area contributed by atoms with Crippen LogP contribution in [-0.2, 0) is 6.61 Å². The van der Waals surface area contributed by atoms with Gasteiger partial charge in [-0.2, -0.15) is 0 Å². The predicted octanol–water partition coefficient (Wildman–Crippen LogP) is 0.428. The summed E-state index contributed by atoms with van der Waals surface area (Å²) < 4.78 is 0. The van der Waals surface area contributed by atoms with Crippen LogP contribution >= 0.6 is 0 Å². The Kier molecular flexibility index (Phi) is 1.69. The van der Waals surface area contributed by atoms with Crippen molar-refractivity contribution in [1.29, 1.82) is 0 Å². The Morgan fingerprint density at radius 3 is 2.83 bits per heavy atom. The standard InChI is InChI=1S/C8H11N3O/c9-8-10-6(4-12)3-7(11-8)5-1-2-5/h3,5,12H,1-2,4H2,(H2,9,10,11). The molecule has 0 saturated heterocycles. The number of aliphatic hydroxyl groups excluding tert-OH is 1. The Bertz CT molecular complexity index is 296. The largest absolute Gasteiger partial charge is 0.390 e. The second-order valence-corrected chi connectivity index (χ2v) is 3.07. The number of hydrogen-bond donors (Lipinski definition) is 2. The van der Waals surface area contributed by atoms with E-state index in [4.69, 9.17) is 10.8 Å². The Balaban J connectivity index is 2.34. The summed E-state index contributed by atoms with van der Waals surface area (Å²) >= 11 is 0. The van der Waals surface area contributed by atoms with Crippen molar-refractivity contribution >= 4 is 5.95 Å². The number of anilines is 1. The predicted molar refractivity (Wildman–Crippen MR) is 44.3 cm³/mol. The summed E-state index contributed by atoms with van der Waals surface area (Å²) in [4.78, 5) is 7.98. The van der Waals surface area contributed by atoms with Crippen LogP contribution in [0.3, 0.4) is 0 Å². The van der Waals surface area contributed by atoms with E-state index in [1.54, 1.807) is 0 Å². The molecule has 1 saturated carbocycles. The van der Waals surface area contributed by atoms with Crippen LogP contribution in [0.2, 0.25) is 0 Å². The van der Waals surface area contributed by atoms with E-state index in [-0.39, 0.29) is 12.6 Å². The lowest BCUT2D eigenvalue weighted by Gasteiger charge is -2.01. The van der Waals surface area contributed by atoms with Gasteiger partial charge < -0.3 is 10.8 Å². The third-order valence-corrected chi connectivity index (χ3v) is 1.97. The third kappa shape index (κ3) is 1.38. The van der Waals surface area contributed by atoms with Crippen molar-refractivity contribution in [1.82, 2.24) is 9.97 Å². The minimum atomic E-state index is -0.0631.